The van der Waals surface area contributed by atoms with Crippen molar-refractivity contribution in [2.45, 2.75) is 82.9 Å². The number of nitrogens with one attached hydrogen (secondary N) is 1. The van der Waals surface area contributed by atoms with E-state index in [2.05, 4.69) is 33.9 Å². The number of aromatic nitrogens is 1. The number of carbonyl (C=O) groups excluding carboxylic acids is 1. The molecular formula is C26H39FN4O3. The number of amides is 1. The first kappa shape index (κ1) is 23.9. The molecule has 7 nitrogen and oxygen atoms in total. The van der Waals surface area contributed by atoms with Gasteiger partial charge in [0.25, 0.3) is 0 Å². The van der Waals surface area contributed by atoms with Gasteiger partial charge >= 0.3 is 0 Å². The fourth-order valence-corrected chi connectivity index (χ4v) is 6.80. The van der Waals surface area contributed by atoms with Gasteiger partial charge in [-0.05, 0) is 55.7 Å². The number of anilines is 1. The Balaban J connectivity index is 1.25. The van der Waals surface area contributed by atoms with E-state index in [1.807, 2.05) is 6.07 Å². The maximum Gasteiger partial charge on any atom is 0.229 e. The first-order valence-electron chi connectivity index (χ1n) is 12.9. The molecule has 1 aliphatic carbocycles. The van der Waals surface area contributed by atoms with Crippen LogP contribution in [0.2, 0.25) is 0 Å². The van der Waals surface area contributed by atoms with E-state index >= 15 is 0 Å². The molecule has 4 aliphatic rings. The average molecular weight is 475 g/mol. The number of nitrogens with zero attached hydrogens (tertiary/aromatic N) is 3. The number of rotatable bonds is 7. The zero-order valence-electron chi connectivity index (χ0n) is 20.7. The number of piperazine rings is 1. The molecular weight excluding hydrogens is 435 g/mol. The fraction of sp³-hybridized carbons (Fsp3) is 0.769. The number of ether oxygens (including phenoxy) is 2. The highest BCUT2D eigenvalue weighted by molar-refractivity contribution is 5.84. The molecule has 6 atom stereocenters. The SMILES string of the molecule is CO[C@@H]1COCC[C@@H]1N[C@@H]1CC[C@@](C(=O)N2C[C@@H]3C[C@H]2CN3c2cc(CF)ccn2)(C(C)C)C1. The normalized spacial score (nSPS) is 35.5. The summed E-state index contributed by atoms with van der Waals surface area (Å²) in [5.41, 5.74) is 0.344. The maximum atomic E-state index is 14.1. The molecule has 3 aliphatic heterocycles. The van der Waals surface area contributed by atoms with Gasteiger partial charge in [-0.15, -0.1) is 0 Å². The lowest BCUT2D eigenvalue weighted by molar-refractivity contribution is -0.146. The molecule has 0 spiro atoms. The van der Waals surface area contributed by atoms with E-state index in [1.165, 1.54) is 0 Å². The molecule has 188 valence electrons. The highest BCUT2D eigenvalue weighted by Gasteiger charge is 2.54. The van der Waals surface area contributed by atoms with Gasteiger partial charge in [-0.2, -0.15) is 0 Å². The third-order valence-corrected chi connectivity index (χ3v) is 8.90. The zero-order valence-corrected chi connectivity index (χ0v) is 20.7. The number of methoxy groups -OCH3 is 1. The van der Waals surface area contributed by atoms with E-state index in [0.717, 1.165) is 57.6 Å². The van der Waals surface area contributed by atoms with E-state index in [9.17, 15) is 9.18 Å². The molecule has 1 aromatic rings. The topological polar surface area (TPSA) is 66.9 Å². The summed E-state index contributed by atoms with van der Waals surface area (Å²) in [4.78, 5) is 23.0. The molecule has 1 saturated carbocycles. The third kappa shape index (κ3) is 4.22. The smallest absolute Gasteiger partial charge is 0.229 e. The molecule has 1 aromatic heterocycles. The van der Waals surface area contributed by atoms with Gasteiger partial charge < -0.3 is 24.6 Å². The van der Waals surface area contributed by atoms with Gasteiger partial charge in [0.05, 0.1) is 30.2 Å². The summed E-state index contributed by atoms with van der Waals surface area (Å²) in [5.74, 6) is 1.46. The molecule has 0 unspecified atom stereocenters. The first-order valence-corrected chi connectivity index (χ1v) is 12.9. The standard InChI is InChI=1S/C26H39FN4O3/c1-17(2)26(7-4-19(12-26)29-22-6-9-34-16-23(22)33-3)25(32)31-15-20-11-21(31)14-30(20)24-10-18(13-27)5-8-28-24/h5,8,10,17,19-23,29H,4,6-7,9,11-16H2,1-3H3/t19-,20+,21+,22+,23-,26+/m1/s1. The molecule has 4 heterocycles. The van der Waals surface area contributed by atoms with Crippen LogP contribution in [0.15, 0.2) is 18.3 Å². The second kappa shape index (κ2) is 9.70. The lowest BCUT2D eigenvalue weighted by Gasteiger charge is -2.42. The summed E-state index contributed by atoms with van der Waals surface area (Å²) < 4.78 is 24.4. The van der Waals surface area contributed by atoms with E-state index in [4.69, 9.17) is 9.47 Å². The van der Waals surface area contributed by atoms with E-state index in [0.29, 0.717) is 24.1 Å². The van der Waals surface area contributed by atoms with Crippen LogP contribution in [-0.2, 0) is 20.9 Å². The number of halogens is 1. The van der Waals surface area contributed by atoms with Crippen LogP contribution in [0.3, 0.4) is 0 Å². The van der Waals surface area contributed by atoms with Crippen LogP contribution in [0.4, 0.5) is 10.2 Å². The van der Waals surface area contributed by atoms with Gasteiger partial charge in [-0.1, -0.05) is 13.8 Å². The monoisotopic (exact) mass is 474 g/mol. The highest BCUT2D eigenvalue weighted by Crippen LogP contribution is 2.48. The Labute approximate surface area is 202 Å². The minimum absolute atomic E-state index is 0.0725. The number of carbonyl (C=O) groups is 1. The number of hydrogen-bond acceptors (Lipinski definition) is 6. The Bertz CT molecular complexity index is 885. The van der Waals surface area contributed by atoms with Gasteiger partial charge in [0.1, 0.15) is 12.5 Å². The Morgan fingerprint density at radius 1 is 1.35 bits per heavy atom. The fourth-order valence-electron chi connectivity index (χ4n) is 6.80. The molecule has 1 amide bonds. The minimum atomic E-state index is -0.479. The molecule has 0 aromatic carbocycles. The third-order valence-electron chi connectivity index (χ3n) is 8.90. The van der Waals surface area contributed by atoms with Crippen LogP contribution in [0.5, 0.6) is 0 Å². The lowest BCUT2D eigenvalue weighted by atomic mass is 9.74. The van der Waals surface area contributed by atoms with Gasteiger partial charge in [-0.25, -0.2) is 9.37 Å². The number of pyridine rings is 1. The Morgan fingerprint density at radius 2 is 2.21 bits per heavy atom. The van der Waals surface area contributed by atoms with Crippen molar-refractivity contribution in [1.82, 2.24) is 15.2 Å². The quantitative estimate of drug-likeness (QED) is 0.656. The largest absolute Gasteiger partial charge is 0.379 e. The second-order valence-electron chi connectivity index (χ2n) is 11.0. The van der Waals surface area contributed by atoms with E-state index in [1.54, 1.807) is 19.4 Å². The Kier molecular flexibility index (Phi) is 6.84. The predicted octanol–water partition coefficient (Wildman–Crippen LogP) is 2.93. The van der Waals surface area contributed by atoms with Crippen molar-refractivity contribution in [3.8, 4) is 0 Å². The van der Waals surface area contributed by atoms with Gasteiger partial charge in [0.15, 0.2) is 0 Å². The Morgan fingerprint density at radius 3 is 2.91 bits per heavy atom. The van der Waals surface area contributed by atoms with Crippen molar-refractivity contribution in [3.63, 3.8) is 0 Å². The van der Waals surface area contributed by atoms with E-state index < -0.39 is 6.67 Å². The van der Waals surface area contributed by atoms with Crippen molar-refractivity contribution in [1.29, 1.82) is 0 Å². The number of fused-ring (bicyclic) bond motifs is 2. The summed E-state index contributed by atoms with van der Waals surface area (Å²) in [6, 6.07) is 4.66. The molecule has 2 bridgehead atoms. The van der Waals surface area contributed by atoms with Gasteiger partial charge in [0.2, 0.25) is 5.91 Å². The van der Waals surface area contributed by atoms with Crippen molar-refractivity contribution in [3.05, 3.63) is 23.9 Å². The maximum absolute atomic E-state index is 14.1. The molecule has 5 rings (SSSR count). The second-order valence-corrected chi connectivity index (χ2v) is 11.0. The molecule has 8 heteroatoms. The van der Waals surface area contributed by atoms with Crippen molar-refractivity contribution >= 4 is 11.7 Å². The van der Waals surface area contributed by atoms with Gasteiger partial charge in [-0.3, -0.25) is 4.79 Å². The van der Waals surface area contributed by atoms with Crippen LogP contribution >= 0.6 is 0 Å². The van der Waals surface area contributed by atoms with Crippen LogP contribution in [0, 0.1) is 11.3 Å². The average Bonchev–Trinajstić information content (AvgIpc) is 3.59. The number of hydrogen-bond donors (Lipinski definition) is 1. The molecule has 4 fully saturated rings. The summed E-state index contributed by atoms with van der Waals surface area (Å²) in [6.07, 6.45) is 6.51. The van der Waals surface area contributed by atoms with Crippen molar-refractivity contribution in [2.75, 3.05) is 38.3 Å². The summed E-state index contributed by atoms with van der Waals surface area (Å²) in [7, 11) is 1.75. The van der Waals surface area contributed by atoms with Crippen LogP contribution in [0.25, 0.3) is 0 Å². The summed E-state index contributed by atoms with van der Waals surface area (Å²) in [6.45, 7) is 6.85. The number of alkyl halides is 1. The van der Waals surface area contributed by atoms with Crippen LogP contribution in [-0.4, -0.2) is 79.5 Å². The molecule has 34 heavy (non-hydrogen) atoms. The minimum Gasteiger partial charge on any atom is -0.379 e. The van der Waals surface area contributed by atoms with Crippen LogP contribution < -0.4 is 10.2 Å². The summed E-state index contributed by atoms with van der Waals surface area (Å²) in [5, 5.41) is 3.82. The highest BCUT2D eigenvalue weighted by atomic mass is 19.1. The van der Waals surface area contributed by atoms with Crippen molar-refractivity contribution < 1.29 is 18.7 Å². The molecule has 3 saturated heterocycles. The predicted molar refractivity (Wildman–Crippen MR) is 128 cm³/mol. The summed E-state index contributed by atoms with van der Waals surface area (Å²) >= 11 is 0. The Hall–Kier alpha value is -1.77. The first-order chi connectivity index (χ1) is 16.4. The van der Waals surface area contributed by atoms with Crippen molar-refractivity contribution in [2.24, 2.45) is 11.3 Å². The number of likely N-dealkylation sites (tertiary alicyclic amines) is 1. The van der Waals surface area contributed by atoms with Crippen LogP contribution in [0.1, 0.15) is 51.5 Å². The van der Waals surface area contributed by atoms with Gasteiger partial charge in [0, 0.05) is 45.1 Å². The molecule has 0 radical (unpaired) electrons. The zero-order chi connectivity index (χ0) is 23.9. The lowest BCUT2D eigenvalue weighted by Crippen LogP contribution is -2.55. The molecule has 1 N–H and O–H groups in total. The van der Waals surface area contributed by atoms with E-state index in [-0.39, 0.29) is 35.6 Å².